The lowest BCUT2D eigenvalue weighted by molar-refractivity contribution is 0.0696. The molecule has 1 aromatic heterocycles. The number of aromatic carboxylic acids is 1. The van der Waals surface area contributed by atoms with Gasteiger partial charge in [-0.15, -0.1) is 6.58 Å². The normalized spacial score (nSPS) is 12.3. The molecule has 0 saturated heterocycles. The third-order valence-corrected chi connectivity index (χ3v) is 2.05. The number of furan rings is 1. The van der Waals surface area contributed by atoms with E-state index in [9.17, 15) is 4.79 Å². The van der Waals surface area contributed by atoms with Gasteiger partial charge in [-0.2, -0.15) is 0 Å². The van der Waals surface area contributed by atoms with Gasteiger partial charge in [-0.25, -0.2) is 4.79 Å². The molecule has 0 aliphatic heterocycles. The summed E-state index contributed by atoms with van der Waals surface area (Å²) in [5, 5.41) is 11.9. The van der Waals surface area contributed by atoms with E-state index < -0.39 is 5.97 Å². The minimum Gasteiger partial charge on any atom is -0.478 e. The first-order valence-electron chi connectivity index (χ1n) is 4.78. The van der Waals surface area contributed by atoms with Crippen LogP contribution in [0.4, 0.5) is 0 Å². The minimum atomic E-state index is -0.968. The van der Waals surface area contributed by atoms with Gasteiger partial charge in [0.1, 0.15) is 12.0 Å². The van der Waals surface area contributed by atoms with Crippen LogP contribution in [-0.2, 0) is 6.54 Å². The molecule has 1 aromatic rings. The number of hydrogen-bond acceptors (Lipinski definition) is 3. The molecule has 4 heteroatoms. The molecule has 1 unspecified atom stereocenters. The van der Waals surface area contributed by atoms with Crippen LogP contribution in [0.5, 0.6) is 0 Å². The molecule has 0 aromatic carbocycles. The summed E-state index contributed by atoms with van der Waals surface area (Å²) in [6.45, 7) is 6.20. The van der Waals surface area contributed by atoms with Gasteiger partial charge >= 0.3 is 5.97 Å². The standard InChI is InChI=1S/C11H15NO3/c1-3-4-8(2)12-6-10-5-9(7-15-10)11(13)14/h3,5,7-8,12H,1,4,6H2,2H3,(H,13,14). The summed E-state index contributed by atoms with van der Waals surface area (Å²) in [6.07, 6.45) is 3.95. The molecule has 0 spiro atoms. The van der Waals surface area contributed by atoms with Crippen LogP contribution in [0, 0.1) is 0 Å². The highest BCUT2D eigenvalue weighted by atomic mass is 16.4. The van der Waals surface area contributed by atoms with Gasteiger partial charge in [0.05, 0.1) is 12.1 Å². The summed E-state index contributed by atoms with van der Waals surface area (Å²) in [5.41, 5.74) is 0.183. The summed E-state index contributed by atoms with van der Waals surface area (Å²) < 4.78 is 5.09. The molecular formula is C11H15NO3. The summed E-state index contributed by atoms with van der Waals surface area (Å²) in [6, 6.07) is 1.83. The monoisotopic (exact) mass is 209 g/mol. The topological polar surface area (TPSA) is 62.5 Å². The molecule has 4 nitrogen and oxygen atoms in total. The van der Waals surface area contributed by atoms with Crippen molar-refractivity contribution in [2.75, 3.05) is 0 Å². The van der Waals surface area contributed by atoms with Gasteiger partial charge in [0, 0.05) is 6.04 Å². The molecule has 0 bridgehead atoms. The van der Waals surface area contributed by atoms with E-state index >= 15 is 0 Å². The fourth-order valence-corrected chi connectivity index (χ4v) is 1.19. The van der Waals surface area contributed by atoms with E-state index in [1.165, 1.54) is 12.3 Å². The Labute approximate surface area is 88.6 Å². The zero-order chi connectivity index (χ0) is 11.3. The molecule has 0 amide bonds. The Balaban J connectivity index is 2.44. The van der Waals surface area contributed by atoms with Crippen LogP contribution in [0.15, 0.2) is 29.4 Å². The third-order valence-electron chi connectivity index (χ3n) is 2.05. The van der Waals surface area contributed by atoms with Crippen molar-refractivity contribution in [3.05, 3.63) is 36.3 Å². The first-order valence-corrected chi connectivity index (χ1v) is 4.78. The van der Waals surface area contributed by atoms with Gasteiger partial charge in [0.2, 0.25) is 0 Å². The Hall–Kier alpha value is -1.55. The van der Waals surface area contributed by atoms with Crippen LogP contribution in [-0.4, -0.2) is 17.1 Å². The van der Waals surface area contributed by atoms with Gasteiger partial charge < -0.3 is 14.8 Å². The maximum atomic E-state index is 10.6. The van der Waals surface area contributed by atoms with Crippen molar-refractivity contribution in [2.24, 2.45) is 0 Å². The molecule has 0 aliphatic rings. The fraction of sp³-hybridized carbons (Fsp3) is 0.364. The third kappa shape index (κ3) is 3.59. The number of hydrogen-bond donors (Lipinski definition) is 2. The maximum absolute atomic E-state index is 10.6. The summed E-state index contributed by atoms with van der Waals surface area (Å²) in [5.74, 6) is -0.340. The van der Waals surface area contributed by atoms with Gasteiger partial charge in [0.25, 0.3) is 0 Å². The molecule has 15 heavy (non-hydrogen) atoms. The predicted molar refractivity (Wildman–Crippen MR) is 56.8 cm³/mol. The smallest absolute Gasteiger partial charge is 0.338 e. The van der Waals surface area contributed by atoms with Gasteiger partial charge in [0.15, 0.2) is 0 Å². The van der Waals surface area contributed by atoms with Crippen LogP contribution >= 0.6 is 0 Å². The van der Waals surface area contributed by atoms with Crippen molar-refractivity contribution in [1.82, 2.24) is 5.32 Å². The molecular weight excluding hydrogens is 194 g/mol. The van der Waals surface area contributed by atoms with Crippen LogP contribution in [0.1, 0.15) is 29.5 Å². The lowest BCUT2D eigenvalue weighted by atomic mass is 10.2. The van der Waals surface area contributed by atoms with Crippen LogP contribution < -0.4 is 5.32 Å². The molecule has 0 saturated carbocycles. The Morgan fingerprint density at radius 3 is 3.07 bits per heavy atom. The maximum Gasteiger partial charge on any atom is 0.338 e. The van der Waals surface area contributed by atoms with Crippen LogP contribution in [0.3, 0.4) is 0 Å². The molecule has 0 aliphatic carbocycles. The lowest BCUT2D eigenvalue weighted by Crippen LogP contribution is -2.24. The van der Waals surface area contributed by atoms with E-state index in [1.54, 1.807) is 0 Å². The number of carboxylic acids is 1. The average molecular weight is 209 g/mol. The van der Waals surface area contributed by atoms with Crippen molar-refractivity contribution >= 4 is 5.97 Å². The molecule has 0 fully saturated rings. The molecule has 0 radical (unpaired) electrons. The highest BCUT2D eigenvalue weighted by Gasteiger charge is 2.08. The Bertz CT molecular complexity index is 343. The first kappa shape index (κ1) is 11.5. The number of carboxylic acid groups (broad SMARTS) is 1. The predicted octanol–water partition coefficient (Wildman–Crippen LogP) is 2.03. The van der Waals surface area contributed by atoms with E-state index in [0.29, 0.717) is 18.3 Å². The van der Waals surface area contributed by atoms with Crippen molar-refractivity contribution in [3.63, 3.8) is 0 Å². The SMILES string of the molecule is C=CCC(C)NCc1cc(C(=O)O)co1. The van der Waals surface area contributed by atoms with Crippen molar-refractivity contribution in [2.45, 2.75) is 25.9 Å². The summed E-state index contributed by atoms with van der Waals surface area (Å²) >= 11 is 0. The van der Waals surface area contributed by atoms with Crippen molar-refractivity contribution in [1.29, 1.82) is 0 Å². The Morgan fingerprint density at radius 2 is 2.53 bits per heavy atom. The first-order chi connectivity index (χ1) is 7.13. The average Bonchev–Trinajstić information content (AvgIpc) is 2.63. The van der Waals surface area contributed by atoms with Gasteiger partial charge in [-0.3, -0.25) is 0 Å². The van der Waals surface area contributed by atoms with E-state index in [2.05, 4.69) is 11.9 Å². The quantitative estimate of drug-likeness (QED) is 0.704. The lowest BCUT2D eigenvalue weighted by Gasteiger charge is -2.09. The number of rotatable bonds is 6. The minimum absolute atomic E-state index is 0.183. The second-order valence-electron chi connectivity index (χ2n) is 3.41. The van der Waals surface area contributed by atoms with E-state index in [-0.39, 0.29) is 5.56 Å². The number of nitrogens with one attached hydrogen (secondary N) is 1. The zero-order valence-corrected chi connectivity index (χ0v) is 8.69. The molecule has 1 heterocycles. The van der Waals surface area contributed by atoms with Gasteiger partial charge in [-0.05, 0) is 19.4 Å². The van der Waals surface area contributed by atoms with E-state index in [1.807, 2.05) is 13.0 Å². The highest BCUT2D eigenvalue weighted by Crippen LogP contribution is 2.07. The second kappa shape index (κ2) is 5.36. The fourth-order valence-electron chi connectivity index (χ4n) is 1.19. The van der Waals surface area contributed by atoms with Crippen LogP contribution in [0.25, 0.3) is 0 Å². The molecule has 1 rings (SSSR count). The summed E-state index contributed by atoms with van der Waals surface area (Å²) in [7, 11) is 0. The Morgan fingerprint density at radius 1 is 1.80 bits per heavy atom. The largest absolute Gasteiger partial charge is 0.478 e. The molecule has 2 N–H and O–H groups in total. The molecule has 1 atom stereocenters. The molecule has 82 valence electrons. The Kier molecular flexibility index (Phi) is 4.12. The van der Waals surface area contributed by atoms with Crippen molar-refractivity contribution in [3.8, 4) is 0 Å². The number of carbonyl (C=O) groups is 1. The van der Waals surface area contributed by atoms with Gasteiger partial charge in [-0.1, -0.05) is 6.08 Å². The highest BCUT2D eigenvalue weighted by molar-refractivity contribution is 5.87. The van der Waals surface area contributed by atoms with E-state index in [0.717, 1.165) is 6.42 Å². The zero-order valence-electron chi connectivity index (χ0n) is 8.69. The van der Waals surface area contributed by atoms with E-state index in [4.69, 9.17) is 9.52 Å². The van der Waals surface area contributed by atoms with Crippen molar-refractivity contribution < 1.29 is 14.3 Å². The summed E-state index contributed by atoms with van der Waals surface area (Å²) in [4.78, 5) is 10.6. The second-order valence-corrected chi connectivity index (χ2v) is 3.41. The van der Waals surface area contributed by atoms with Crippen LogP contribution in [0.2, 0.25) is 0 Å².